The largest absolute Gasteiger partial charge is 0.384 e. The smallest absolute Gasteiger partial charge is 0.162 e. The third-order valence-electron chi connectivity index (χ3n) is 4.22. The fourth-order valence-corrected chi connectivity index (χ4v) is 2.86. The minimum atomic E-state index is 0.0990. The second kappa shape index (κ2) is 6.20. The summed E-state index contributed by atoms with van der Waals surface area (Å²) in [4.78, 5) is 2.12. The molecule has 3 N–H and O–H groups in total. The van der Waals surface area contributed by atoms with Crippen molar-refractivity contribution < 1.29 is 0 Å². The third-order valence-corrected chi connectivity index (χ3v) is 4.22. The number of hydrogen-bond donors (Lipinski definition) is 2. The Labute approximate surface area is 121 Å². The standard InChI is InChI=1S/C15H25N5/c1-4-11-12(5-2)18-19-15(13(11)14(16)17)20(3)9-10-7-6-8-10/h10H,4-9H2,1-3H3,(H3,16,17). The molecule has 1 heterocycles. The number of aromatic nitrogens is 2. The van der Waals surface area contributed by atoms with Gasteiger partial charge in [-0.25, -0.2) is 0 Å². The van der Waals surface area contributed by atoms with E-state index in [2.05, 4.69) is 28.9 Å². The number of aryl methyl sites for hydroxylation is 1. The predicted octanol–water partition coefficient (Wildman–Crippen LogP) is 2.12. The average molecular weight is 275 g/mol. The Morgan fingerprint density at radius 1 is 1.30 bits per heavy atom. The molecule has 0 amide bonds. The van der Waals surface area contributed by atoms with Crippen LogP contribution in [0.2, 0.25) is 0 Å². The molecule has 1 saturated carbocycles. The molecule has 0 bridgehead atoms. The van der Waals surface area contributed by atoms with E-state index in [1.165, 1.54) is 19.3 Å². The van der Waals surface area contributed by atoms with Gasteiger partial charge in [0.2, 0.25) is 0 Å². The molecule has 0 saturated heterocycles. The Hall–Kier alpha value is -1.65. The number of nitrogens with zero attached hydrogens (tertiary/aromatic N) is 3. The van der Waals surface area contributed by atoms with Crippen molar-refractivity contribution in [3.05, 3.63) is 16.8 Å². The van der Waals surface area contributed by atoms with Crippen molar-refractivity contribution in [2.24, 2.45) is 11.7 Å². The van der Waals surface area contributed by atoms with Crippen LogP contribution in [-0.2, 0) is 12.8 Å². The molecular weight excluding hydrogens is 250 g/mol. The van der Waals surface area contributed by atoms with Crippen LogP contribution in [0.4, 0.5) is 5.82 Å². The number of hydrogen-bond acceptors (Lipinski definition) is 4. The van der Waals surface area contributed by atoms with E-state index in [9.17, 15) is 0 Å². The van der Waals surface area contributed by atoms with E-state index < -0.39 is 0 Å². The van der Waals surface area contributed by atoms with Gasteiger partial charge in [0.05, 0.1) is 11.3 Å². The number of nitrogens with two attached hydrogens (primary N) is 1. The Kier molecular flexibility index (Phi) is 4.57. The lowest BCUT2D eigenvalue weighted by molar-refractivity contribution is 0.321. The topological polar surface area (TPSA) is 78.9 Å². The van der Waals surface area contributed by atoms with Gasteiger partial charge in [-0.1, -0.05) is 20.3 Å². The Morgan fingerprint density at radius 2 is 2.00 bits per heavy atom. The zero-order valence-corrected chi connectivity index (χ0v) is 12.7. The summed E-state index contributed by atoms with van der Waals surface area (Å²) in [5.74, 6) is 1.61. The molecule has 0 aliphatic heterocycles. The van der Waals surface area contributed by atoms with Crippen molar-refractivity contribution >= 4 is 11.7 Å². The van der Waals surface area contributed by atoms with E-state index in [4.69, 9.17) is 11.1 Å². The molecule has 0 unspecified atom stereocenters. The van der Waals surface area contributed by atoms with Crippen molar-refractivity contribution in [2.45, 2.75) is 46.0 Å². The predicted molar refractivity (Wildman–Crippen MR) is 82.4 cm³/mol. The zero-order chi connectivity index (χ0) is 14.7. The first-order chi connectivity index (χ1) is 9.58. The van der Waals surface area contributed by atoms with E-state index in [1.54, 1.807) is 0 Å². The quantitative estimate of drug-likeness (QED) is 0.615. The van der Waals surface area contributed by atoms with Crippen molar-refractivity contribution in [1.82, 2.24) is 10.2 Å². The van der Waals surface area contributed by atoms with Crippen LogP contribution in [0.25, 0.3) is 0 Å². The number of anilines is 1. The Balaban J connectivity index is 2.37. The van der Waals surface area contributed by atoms with Gasteiger partial charge >= 0.3 is 0 Å². The maximum atomic E-state index is 7.91. The van der Waals surface area contributed by atoms with Crippen LogP contribution in [0.3, 0.4) is 0 Å². The molecule has 2 rings (SSSR count). The average Bonchev–Trinajstić information content (AvgIpc) is 2.40. The van der Waals surface area contributed by atoms with Gasteiger partial charge in [-0.05, 0) is 37.2 Å². The molecule has 1 aromatic heterocycles. The fraction of sp³-hybridized carbons (Fsp3) is 0.667. The molecule has 1 fully saturated rings. The normalized spacial score (nSPS) is 14.9. The van der Waals surface area contributed by atoms with Crippen LogP contribution >= 0.6 is 0 Å². The molecule has 1 aliphatic carbocycles. The van der Waals surface area contributed by atoms with E-state index in [-0.39, 0.29) is 5.84 Å². The van der Waals surface area contributed by atoms with Crippen LogP contribution in [-0.4, -0.2) is 29.6 Å². The molecule has 1 aliphatic rings. The first-order valence-electron chi connectivity index (χ1n) is 7.52. The molecule has 20 heavy (non-hydrogen) atoms. The summed E-state index contributed by atoms with van der Waals surface area (Å²) in [7, 11) is 2.03. The monoisotopic (exact) mass is 275 g/mol. The second-order valence-electron chi connectivity index (χ2n) is 5.62. The lowest BCUT2D eigenvalue weighted by Gasteiger charge is -2.31. The Morgan fingerprint density at radius 3 is 2.45 bits per heavy atom. The van der Waals surface area contributed by atoms with Gasteiger partial charge in [-0.2, -0.15) is 5.10 Å². The minimum absolute atomic E-state index is 0.0990. The molecule has 5 nitrogen and oxygen atoms in total. The minimum Gasteiger partial charge on any atom is -0.384 e. The van der Waals surface area contributed by atoms with Crippen molar-refractivity contribution in [3.8, 4) is 0 Å². The van der Waals surface area contributed by atoms with Crippen molar-refractivity contribution in [1.29, 1.82) is 5.41 Å². The molecule has 1 aromatic rings. The summed E-state index contributed by atoms with van der Waals surface area (Å²) in [6, 6.07) is 0. The molecule has 110 valence electrons. The maximum Gasteiger partial charge on any atom is 0.162 e. The first-order valence-corrected chi connectivity index (χ1v) is 7.52. The highest BCUT2D eigenvalue weighted by atomic mass is 15.3. The fourth-order valence-electron chi connectivity index (χ4n) is 2.86. The highest BCUT2D eigenvalue weighted by molar-refractivity contribution is 6.01. The summed E-state index contributed by atoms with van der Waals surface area (Å²) in [6.45, 7) is 5.12. The summed E-state index contributed by atoms with van der Waals surface area (Å²) in [5, 5.41) is 16.6. The van der Waals surface area contributed by atoms with Gasteiger partial charge < -0.3 is 10.6 Å². The second-order valence-corrected chi connectivity index (χ2v) is 5.62. The van der Waals surface area contributed by atoms with Gasteiger partial charge in [-0.15, -0.1) is 5.10 Å². The first kappa shape index (κ1) is 14.8. The van der Waals surface area contributed by atoms with Gasteiger partial charge in [0, 0.05) is 13.6 Å². The number of rotatable bonds is 6. The van der Waals surface area contributed by atoms with Crippen molar-refractivity contribution in [3.63, 3.8) is 0 Å². The molecule has 0 spiro atoms. The van der Waals surface area contributed by atoms with Gasteiger partial charge in [0.15, 0.2) is 5.82 Å². The summed E-state index contributed by atoms with van der Waals surface area (Å²) in [6.07, 6.45) is 5.57. The number of nitrogens with one attached hydrogen (secondary N) is 1. The Bertz CT molecular complexity index is 493. The van der Waals surface area contributed by atoms with Gasteiger partial charge in [0.25, 0.3) is 0 Å². The van der Waals surface area contributed by atoms with Crippen LogP contribution in [0, 0.1) is 11.3 Å². The van der Waals surface area contributed by atoms with E-state index >= 15 is 0 Å². The lowest BCUT2D eigenvalue weighted by atomic mass is 9.85. The molecule has 5 heteroatoms. The van der Waals surface area contributed by atoms with Crippen LogP contribution in [0.5, 0.6) is 0 Å². The third kappa shape index (κ3) is 2.76. The number of amidine groups is 1. The van der Waals surface area contributed by atoms with Gasteiger partial charge in [0.1, 0.15) is 5.84 Å². The maximum absolute atomic E-state index is 7.91. The SMILES string of the molecule is CCc1nnc(N(C)CC2CCC2)c(C(=N)N)c1CC. The van der Waals surface area contributed by atoms with E-state index in [0.29, 0.717) is 0 Å². The van der Waals surface area contributed by atoms with Crippen LogP contribution in [0.15, 0.2) is 0 Å². The van der Waals surface area contributed by atoms with E-state index in [1.807, 2.05) is 7.05 Å². The van der Waals surface area contributed by atoms with Crippen molar-refractivity contribution in [2.75, 3.05) is 18.5 Å². The highest BCUT2D eigenvalue weighted by Crippen LogP contribution is 2.29. The summed E-state index contributed by atoms with van der Waals surface area (Å²) >= 11 is 0. The molecule has 0 aromatic carbocycles. The zero-order valence-electron chi connectivity index (χ0n) is 12.7. The van der Waals surface area contributed by atoms with E-state index in [0.717, 1.165) is 47.9 Å². The molecule has 0 atom stereocenters. The highest BCUT2D eigenvalue weighted by Gasteiger charge is 2.24. The van der Waals surface area contributed by atoms with Gasteiger partial charge in [-0.3, -0.25) is 5.41 Å². The summed E-state index contributed by atoms with van der Waals surface area (Å²) in [5.41, 5.74) is 8.63. The van der Waals surface area contributed by atoms with Crippen LogP contribution < -0.4 is 10.6 Å². The molecule has 0 radical (unpaired) electrons. The van der Waals surface area contributed by atoms with Crippen LogP contribution in [0.1, 0.15) is 49.9 Å². The lowest BCUT2D eigenvalue weighted by Crippen LogP contribution is -2.32. The summed E-state index contributed by atoms with van der Waals surface area (Å²) < 4.78 is 0. The number of nitrogen functional groups attached to an aromatic ring is 1. The molecular formula is C15H25N5.